The number of cyclic esters (lactones) is 1. The number of amides is 1. The first-order valence-corrected chi connectivity index (χ1v) is 8.27. The highest BCUT2D eigenvalue weighted by atomic mass is 32.2. The number of aryl methyl sites for hydroxylation is 1. The molecule has 1 N–H and O–H groups in total. The van der Waals surface area contributed by atoms with Gasteiger partial charge in [0, 0.05) is 18.2 Å². The highest BCUT2D eigenvalue weighted by Crippen LogP contribution is 2.25. The van der Waals surface area contributed by atoms with E-state index in [-0.39, 0.29) is 6.54 Å². The van der Waals surface area contributed by atoms with Gasteiger partial charge >= 0.3 is 6.09 Å². The highest BCUT2D eigenvalue weighted by molar-refractivity contribution is 7.85. The molecule has 1 unspecified atom stereocenters. The van der Waals surface area contributed by atoms with Crippen LogP contribution in [0.1, 0.15) is 5.89 Å². The summed E-state index contributed by atoms with van der Waals surface area (Å²) in [6.07, 6.45) is -1.57. The summed E-state index contributed by atoms with van der Waals surface area (Å²) in [6.45, 7) is 1.72. The molecule has 2 heterocycles. The summed E-state index contributed by atoms with van der Waals surface area (Å²) in [7, 11) is -4.21. The van der Waals surface area contributed by atoms with Gasteiger partial charge in [-0.2, -0.15) is 13.4 Å². The van der Waals surface area contributed by atoms with Crippen LogP contribution in [0.15, 0.2) is 28.8 Å². The van der Waals surface area contributed by atoms with Gasteiger partial charge in [-0.3, -0.25) is 9.45 Å². The molecule has 9 nitrogen and oxygen atoms in total. The molecule has 1 amide bonds. The molecule has 2 aromatic rings. The lowest BCUT2D eigenvalue weighted by Crippen LogP contribution is -2.27. The molecule has 10 heteroatoms. The second-order valence-electron chi connectivity index (χ2n) is 5.05. The predicted octanol–water partition coefficient (Wildman–Crippen LogP) is 1.26. The van der Waals surface area contributed by atoms with Gasteiger partial charge in [-0.25, -0.2) is 4.79 Å². The summed E-state index contributed by atoms with van der Waals surface area (Å²) in [5.74, 6) is 0.248. The van der Waals surface area contributed by atoms with Gasteiger partial charge in [0.1, 0.15) is 11.9 Å². The van der Waals surface area contributed by atoms with Crippen molar-refractivity contribution in [3.05, 3.63) is 30.2 Å². The SMILES string of the molecule is Cc1nc(-c2ccc(N3CC(CS(=O)(=O)O)OC3=O)cc2)no1. The first kappa shape index (κ1) is 15.4. The molecule has 1 atom stereocenters. The zero-order valence-electron chi connectivity index (χ0n) is 12.0. The molecule has 1 saturated heterocycles. The Morgan fingerprint density at radius 3 is 2.61 bits per heavy atom. The first-order valence-electron chi connectivity index (χ1n) is 6.66. The fourth-order valence-electron chi connectivity index (χ4n) is 2.26. The number of ether oxygens (including phenoxy) is 1. The molecule has 0 spiro atoms. The summed E-state index contributed by atoms with van der Waals surface area (Å²) in [5.41, 5.74) is 1.25. The van der Waals surface area contributed by atoms with Crippen molar-refractivity contribution in [2.24, 2.45) is 0 Å². The number of carbonyl (C=O) groups excluding carboxylic acids is 1. The van der Waals surface area contributed by atoms with E-state index in [2.05, 4.69) is 10.1 Å². The van der Waals surface area contributed by atoms with Gasteiger partial charge in [0.15, 0.2) is 0 Å². The maximum absolute atomic E-state index is 11.8. The highest BCUT2D eigenvalue weighted by Gasteiger charge is 2.34. The molecule has 1 aromatic heterocycles. The van der Waals surface area contributed by atoms with Gasteiger partial charge in [0.2, 0.25) is 11.7 Å². The summed E-state index contributed by atoms with van der Waals surface area (Å²) in [6, 6.07) is 6.75. The van der Waals surface area contributed by atoms with E-state index in [1.807, 2.05) is 0 Å². The third-order valence-corrected chi connectivity index (χ3v) is 4.03. The van der Waals surface area contributed by atoms with E-state index >= 15 is 0 Å². The molecule has 122 valence electrons. The number of hydrogen-bond donors (Lipinski definition) is 1. The minimum atomic E-state index is -4.21. The molecule has 0 radical (unpaired) electrons. The number of benzene rings is 1. The second-order valence-corrected chi connectivity index (χ2v) is 6.55. The van der Waals surface area contributed by atoms with Crippen molar-refractivity contribution in [2.75, 3.05) is 17.2 Å². The van der Waals surface area contributed by atoms with E-state index in [0.717, 1.165) is 0 Å². The minimum absolute atomic E-state index is 0.0410. The van der Waals surface area contributed by atoms with E-state index in [1.54, 1.807) is 31.2 Å². The zero-order valence-corrected chi connectivity index (χ0v) is 12.9. The Morgan fingerprint density at radius 2 is 2.04 bits per heavy atom. The van der Waals surface area contributed by atoms with E-state index in [1.165, 1.54) is 4.90 Å². The number of anilines is 1. The smallest absolute Gasteiger partial charge is 0.414 e. The van der Waals surface area contributed by atoms with Gasteiger partial charge in [-0.05, 0) is 24.3 Å². The molecule has 1 fully saturated rings. The third-order valence-electron chi connectivity index (χ3n) is 3.24. The minimum Gasteiger partial charge on any atom is -0.443 e. The zero-order chi connectivity index (χ0) is 16.6. The second kappa shape index (κ2) is 5.63. The molecule has 0 aliphatic carbocycles. The number of hydrogen-bond acceptors (Lipinski definition) is 7. The van der Waals surface area contributed by atoms with Crippen LogP contribution in [0.4, 0.5) is 10.5 Å². The quantitative estimate of drug-likeness (QED) is 0.826. The fraction of sp³-hybridized carbons (Fsp3) is 0.308. The van der Waals surface area contributed by atoms with Crippen molar-refractivity contribution in [3.63, 3.8) is 0 Å². The lowest BCUT2D eigenvalue weighted by Gasteiger charge is -2.12. The standard InChI is InChI=1S/C13H13N3O6S/c1-8-14-12(15-22-8)9-2-4-10(5-3-9)16-6-11(21-13(16)17)7-23(18,19)20/h2-5,11H,6-7H2,1H3,(H,18,19,20). The molecule has 1 aliphatic heterocycles. The Hall–Kier alpha value is -2.46. The molecule has 3 rings (SSSR count). The lowest BCUT2D eigenvalue weighted by molar-refractivity contribution is 0.150. The Kier molecular flexibility index (Phi) is 3.78. The van der Waals surface area contributed by atoms with Crippen molar-refractivity contribution in [1.29, 1.82) is 0 Å². The number of aromatic nitrogens is 2. The molecule has 23 heavy (non-hydrogen) atoms. The van der Waals surface area contributed by atoms with Crippen LogP contribution in [-0.4, -0.2) is 47.6 Å². The Labute approximate surface area is 131 Å². The van der Waals surface area contributed by atoms with E-state index in [4.69, 9.17) is 13.8 Å². The summed E-state index contributed by atoms with van der Waals surface area (Å²) in [4.78, 5) is 17.2. The summed E-state index contributed by atoms with van der Waals surface area (Å²) >= 11 is 0. The van der Waals surface area contributed by atoms with Gasteiger partial charge < -0.3 is 9.26 Å². The van der Waals surface area contributed by atoms with Crippen LogP contribution in [0.5, 0.6) is 0 Å². The predicted molar refractivity (Wildman–Crippen MR) is 78.5 cm³/mol. The van der Waals surface area contributed by atoms with Crippen LogP contribution in [-0.2, 0) is 14.9 Å². The largest absolute Gasteiger partial charge is 0.443 e. The maximum atomic E-state index is 11.8. The average Bonchev–Trinajstić information content (AvgIpc) is 3.03. The van der Waals surface area contributed by atoms with E-state index in [0.29, 0.717) is 23.0 Å². The van der Waals surface area contributed by atoms with Crippen LogP contribution < -0.4 is 4.90 Å². The van der Waals surface area contributed by atoms with Crippen molar-refractivity contribution in [1.82, 2.24) is 10.1 Å². The lowest BCUT2D eigenvalue weighted by atomic mass is 10.2. The summed E-state index contributed by atoms with van der Waals surface area (Å²) < 4.78 is 40.4. The number of nitrogens with zero attached hydrogens (tertiary/aromatic N) is 3. The molecular weight excluding hydrogens is 326 g/mol. The average molecular weight is 339 g/mol. The number of rotatable bonds is 4. The third kappa shape index (κ3) is 3.48. The summed E-state index contributed by atoms with van der Waals surface area (Å²) in [5, 5.41) is 3.79. The fourth-order valence-corrected chi connectivity index (χ4v) is 2.90. The topological polar surface area (TPSA) is 123 Å². The van der Waals surface area contributed by atoms with Gasteiger partial charge in [-0.15, -0.1) is 0 Å². The van der Waals surface area contributed by atoms with Crippen molar-refractivity contribution >= 4 is 21.9 Å². The maximum Gasteiger partial charge on any atom is 0.414 e. The van der Waals surface area contributed by atoms with Gasteiger partial charge in [0.05, 0.1) is 6.54 Å². The van der Waals surface area contributed by atoms with Crippen molar-refractivity contribution in [3.8, 4) is 11.4 Å². The molecule has 1 aliphatic rings. The van der Waals surface area contributed by atoms with Gasteiger partial charge in [0.25, 0.3) is 10.1 Å². The van der Waals surface area contributed by atoms with E-state index < -0.39 is 28.1 Å². The van der Waals surface area contributed by atoms with Crippen LogP contribution in [0.25, 0.3) is 11.4 Å². The Balaban J connectivity index is 1.76. The normalized spacial score (nSPS) is 18.3. The first-order chi connectivity index (χ1) is 10.8. The van der Waals surface area contributed by atoms with Crippen LogP contribution in [0.3, 0.4) is 0 Å². The van der Waals surface area contributed by atoms with E-state index in [9.17, 15) is 13.2 Å². The number of carbonyl (C=O) groups is 1. The monoisotopic (exact) mass is 339 g/mol. The Morgan fingerprint density at radius 1 is 1.35 bits per heavy atom. The molecule has 0 bridgehead atoms. The van der Waals surface area contributed by atoms with Gasteiger partial charge in [-0.1, -0.05) is 5.16 Å². The Bertz CT molecular complexity index is 830. The molecule has 0 saturated carbocycles. The molecular formula is C13H13N3O6S. The van der Waals surface area contributed by atoms with Crippen LogP contribution in [0, 0.1) is 6.92 Å². The molecule has 1 aromatic carbocycles. The van der Waals surface area contributed by atoms with Crippen molar-refractivity contribution in [2.45, 2.75) is 13.0 Å². The van der Waals surface area contributed by atoms with Crippen LogP contribution >= 0.6 is 0 Å². The van der Waals surface area contributed by atoms with Crippen LogP contribution in [0.2, 0.25) is 0 Å². The van der Waals surface area contributed by atoms with Crippen molar-refractivity contribution < 1.29 is 27.0 Å².